The molecule has 0 aliphatic carbocycles. The molecule has 5 heteroatoms. The fraction of sp³-hybridized carbons (Fsp3) is 0.500. The van der Waals surface area contributed by atoms with E-state index >= 15 is 0 Å². The van der Waals surface area contributed by atoms with E-state index in [-0.39, 0.29) is 5.91 Å². The summed E-state index contributed by atoms with van der Waals surface area (Å²) in [7, 11) is 3.47. The van der Waals surface area contributed by atoms with Crippen molar-refractivity contribution in [1.29, 1.82) is 0 Å². The minimum atomic E-state index is -0.818. The van der Waals surface area contributed by atoms with Gasteiger partial charge in [-0.3, -0.25) is 14.5 Å². The number of carboxylic acid groups (broad SMARTS) is 1. The molecule has 1 unspecified atom stereocenters. The third kappa shape index (κ3) is 3.61. The molecule has 5 nitrogen and oxygen atoms in total. The summed E-state index contributed by atoms with van der Waals surface area (Å²) in [5, 5.41) is 9.54. The van der Waals surface area contributed by atoms with Crippen molar-refractivity contribution >= 4 is 11.9 Å². The van der Waals surface area contributed by atoms with Crippen LogP contribution in [0.25, 0.3) is 0 Å². The van der Waals surface area contributed by atoms with Crippen molar-refractivity contribution in [2.24, 2.45) is 0 Å². The highest BCUT2D eigenvalue weighted by atomic mass is 16.4. The van der Waals surface area contributed by atoms with Gasteiger partial charge in [-0.1, -0.05) is 24.3 Å². The Hall–Kier alpha value is -1.88. The van der Waals surface area contributed by atoms with Gasteiger partial charge in [-0.15, -0.1) is 0 Å². The van der Waals surface area contributed by atoms with Gasteiger partial charge in [0.05, 0.1) is 0 Å². The van der Waals surface area contributed by atoms with Crippen LogP contribution in [0.4, 0.5) is 0 Å². The molecule has 114 valence electrons. The third-order valence-electron chi connectivity index (χ3n) is 3.95. The molecule has 1 aromatic carbocycles. The van der Waals surface area contributed by atoms with Gasteiger partial charge in [0.1, 0.15) is 6.04 Å². The minimum absolute atomic E-state index is 0.0827. The summed E-state index contributed by atoms with van der Waals surface area (Å²) >= 11 is 0. The quantitative estimate of drug-likeness (QED) is 0.893. The summed E-state index contributed by atoms with van der Waals surface area (Å²) in [4.78, 5) is 26.7. The Morgan fingerprint density at radius 2 is 2.05 bits per heavy atom. The highest BCUT2D eigenvalue weighted by molar-refractivity contribution is 5.77. The maximum absolute atomic E-state index is 11.6. The van der Waals surface area contributed by atoms with Crippen LogP contribution in [0.1, 0.15) is 30.0 Å². The standard InChI is InChI=1S/C16H22N2O3/c1-17(2)14(19)8-5-10-18-11-9-12-6-3-4-7-13(12)15(18)16(20)21/h3-4,6-7,15H,5,8-11H2,1-2H3,(H,20,21). The number of hydrogen-bond donors (Lipinski definition) is 1. The van der Waals surface area contributed by atoms with Crippen molar-refractivity contribution in [3.63, 3.8) is 0 Å². The molecule has 1 atom stereocenters. The van der Waals surface area contributed by atoms with E-state index < -0.39 is 12.0 Å². The lowest BCUT2D eigenvalue weighted by molar-refractivity contribution is -0.144. The lowest BCUT2D eigenvalue weighted by atomic mass is 9.92. The molecule has 0 bridgehead atoms. The smallest absolute Gasteiger partial charge is 0.325 e. The zero-order valence-electron chi connectivity index (χ0n) is 12.6. The monoisotopic (exact) mass is 290 g/mol. The van der Waals surface area contributed by atoms with Crippen molar-refractivity contribution in [1.82, 2.24) is 9.80 Å². The normalized spacial score (nSPS) is 18.1. The van der Waals surface area contributed by atoms with Gasteiger partial charge in [-0.2, -0.15) is 0 Å². The third-order valence-corrected chi connectivity index (χ3v) is 3.95. The van der Waals surface area contributed by atoms with E-state index in [4.69, 9.17) is 0 Å². The molecule has 1 aromatic rings. The van der Waals surface area contributed by atoms with E-state index in [2.05, 4.69) is 0 Å². The molecule has 1 aliphatic heterocycles. The largest absolute Gasteiger partial charge is 0.480 e. The number of carbonyl (C=O) groups excluding carboxylic acids is 1. The van der Waals surface area contributed by atoms with Gasteiger partial charge in [-0.05, 0) is 30.5 Å². The molecule has 21 heavy (non-hydrogen) atoms. The average Bonchev–Trinajstić information content (AvgIpc) is 2.46. The Balaban J connectivity index is 2.04. The number of nitrogens with zero attached hydrogens (tertiary/aromatic N) is 2. The second-order valence-electron chi connectivity index (χ2n) is 5.62. The minimum Gasteiger partial charge on any atom is -0.480 e. The van der Waals surface area contributed by atoms with Gasteiger partial charge in [0.25, 0.3) is 0 Å². The summed E-state index contributed by atoms with van der Waals surface area (Å²) in [6.07, 6.45) is 2.00. The van der Waals surface area contributed by atoms with Crippen molar-refractivity contribution in [2.75, 3.05) is 27.2 Å². The lowest BCUT2D eigenvalue weighted by Crippen LogP contribution is -2.40. The van der Waals surface area contributed by atoms with Crippen LogP contribution in [0, 0.1) is 0 Å². The van der Waals surface area contributed by atoms with Crippen LogP contribution in [0.5, 0.6) is 0 Å². The molecule has 0 saturated carbocycles. The molecule has 1 N–H and O–H groups in total. The fourth-order valence-corrected chi connectivity index (χ4v) is 2.81. The van der Waals surface area contributed by atoms with Crippen molar-refractivity contribution in [3.05, 3.63) is 35.4 Å². The summed E-state index contributed by atoms with van der Waals surface area (Å²) in [6, 6.07) is 7.13. The number of carboxylic acids is 1. The van der Waals surface area contributed by atoms with Crippen molar-refractivity contribution < 1.29 is 14.7 Å². The number of carbonyl (C=O) groups is 2. The first-order valence-electron chi connectivity index (χ1n) is 7.25. The molecule has 1 heterocycles. The first-order chi connectivity index (χ1) is 10.0. The Labute approximate surface area is 125 Å². The first kappa shape index (κ1) is 15.5. The van der Waals surface area contributed by atoms with Crippen LogP contribution in [0.15, 0.2) is 24.3 Å². The molecule has 0 radical (unpaired) electrons. The number of fused-ring (bicyclic) bond motifs is 1. The lowest BCUT2D eigenvalue weighted by Gasteiger charge is -2.34. The summed E-state index contributed by atoms with van der Waals surface area (Å²) < 4.78 is 0. The van der Waals surface area contributed by atoms with Crippen LogP contribution in [0.2, 0.25) is 0 Å². The Morgan fingerprint density at radius 3 is 2.71 bits per heavy atom. The fourth-order valence-electron chi connectivity index (χ4n) is 2.81. The average molecular weight is 290 g/mol. The second kappa shape index (κ2) is 6.72. The van der Waals surface area contributed by atoms with Gasteiger partial charge in [-0.25, -0.2) is 0 Å². The van der Waals surface area contributed by atoms with Crippen molar-refractivity contribution in [2.45, 2.75) is 25.3 Å². The maximum atomic E-state index is 11.6. The van der Waals surface area contributed by atoms with E-state index in [1.165, 1.54) is 0 Å². The van der Waals surface area contributed by atoms with E-state index in [0.717, 1.165) is 24.1 Å². The highest BCUT2D eigenvalue weighted by Gasteiger charge is 2.32. The summed E-state index contributed by atoms with van der Waals surface area (Å²) in [6.45, 7) is 1.36. The number of benzene rings is 1. The molecular formula is C16H22N2O3. The summed E-state index contributed by atoms with van der Waals surface area (Å²) in [5.74, 6) is -0.736. The van der Waals surface area contributed by atoms with E-state index in [1.807, 2.05) is 29.2 Å². The Bertz CT molecular complexity index is 528. The summed E-state index contributed by atoms with van der Waals surface area (Å²) in [5.41, 5.74) is 2.00. The SMILES string of the molecule is CN(C)C(=O)CCCN1CCc2ccccc2C1C(=O)O. The molecule has 0 aromatic heterocycles. The highest BCUT2D eigenvalue weighted by Crippen LogP contribution is 2.30. The number of aliphatic carboxylic acids is 1. The number of rotatable bonds is 5. The zero-order valence-corrected chi connectivity index (χ0v) is 12.6. The Morgan fingerprint density at radius 1 is 1.33 bits per heavy atom. The van der Waals surface area contributed by atoms with Gasteiger partial charge in [0.2, 0.25) is 5.91 Å². The van der Waals surface area contributed by atoms with Crippen LogP contribution >= 0.6 is 0 Å². The number of amides is 1. The maximum Gasteiger partial charge on any atom is 0.325 e. The van der Waals surface area contributed by atoms with Crippen LogP contribution in [0.3, 0.4) is 0 Å². The van der Waals surface area contributed by atoms with E-state index in [9.17, 15) is 14.7 Å². The van der Waals surface area contributed by atoms with Gasteiger partial charge < -0.3 is 10.0 Å². The number of hydrogen-bond acceptors (Lipinski definition) is 3. The zero-order chi connectivity index (χ0) is 15.4. The topological polar surface area (TPSA) is 60.9 Å². The molecule has 1 aliphatic rings. The van der Waals surface area contributed by atoms with E-state index in [0.29, 0.717) is 19.4 Å². The van der Waals surface area contributed by atoms with Gasteiger partial charge >= 0.3 is 5.97 Å². The molecule has 2 rings (SSSR count). The predicted molar refractivity (Wildman–Crippen MR) is 80.0 cm³/mol. The van der Waals surface area contributed by atoms with Crippen LogP contribution in [-0.4, -0.2) is 54.0 Å². The van der Waals surface area contributed by atoms with Crippen LogP contribution < -0.4 is 0 Å². The predicted octanol–water partition coefficient (Wildman–Crippen LogP) is 1.54. The Kier molecular flexibility index (Phi) is 4.96. The van der Waals surface area contributed by atoms with E-state index in [1.54, 1.807) is 19.0 Å². The van der Waals surface area contributed by atoms with Gasteiger partial charge in [0.15, 0.2) is 0 Å². The second-order valence-corrected chi connectivity index (χ2v) is 5.62. The molecule has 0 fully saturated rings. The van der Waals surface area contributed by atoms with Crippen molar-refractivity contribution in [3.8, 4) is 0 Å². The molecule has 0 spiro atoms. The van der Waals surface area contributed by atoms with Gasteiger partial charge in [0, 0.05) is 27.1 Å². The molecule has 1 amide bonds. The van der Waals surface area contributed by atoms with Crippen LogP contribution in [-0.2, 0) is 16.0 Å². The molecular weight excluding hydrogens is 268 g/mol. The first-order valence-corrected chi connectivity index (χ1v) is 7.25. The molecule has 0 saturated heterocycles.